The van der Waals surface area contributed by atoms with E-state index in [1.54, 1.807) is 30.0 Å². The number of aryl methyl sites for hydroxylation is 1. The average molecular weight is 321 g/mol. The van der Waals surface area contributed by atoms with Gasteiger partial charge in [0.05, 0.1) is 17.1 Å². The van der Waals surface area contributed by atoms with Gasteiger partial charge in [0.2, 0.25) is 5.91 Å². The van der Waals surface area contributed by atoms with Crippen molar-refractivity contribution in [2.45, 2.75) is 12.7 Å². The molecule has 110 valence electrons. The van der Waals surface area contributed by atoms with Crippen LogP contribution < -0.4 is 11.1 Å². The Morgan fingerprint density at radius 2 is 2.05 bits per heavy atom. The minimum absolute atomic E-state index is 0.0670. The molecule has 0 radical (unpaired) electrons. The molecule has 1 amide bonds. The largest absolute Gasteiger partial charge is 0.397 e. The van der Waals surface area contributed by atoms with Crippen molar-refractivity contribution in [1.82, 2.24) is 0 Å². The highest BCUT2D eigenvalue weighted by Gasteiger charge is 2.06. The lowest BCUT2D eigenvalue weighted by Gasteiger charge is -2.09. The van der Waals surface area contributed by atoms with E-state index < -0.39 is 0 Å². The van der Waals surface area contributed by atoms with Gasteiger partial charge >= 0.3 is 0 Å². The Hall–Kier alpha value is -1.65. The number of hydrogen-bond acceptors (Lipinski definition) is 3. The van der Waals surface area contributed by atoms with Crippen molar-refractivity contribution in [2.24, 2.45) is 0 Å². The van der Waals surface area contributed by atoms with Crippen LogP contribution in [0.5, 0.6) is 0 Å². The molecule has 0 saturated carbocycles. The van der Waals surface area contributed by atoms with Gasteiger partial charge in [-0.1, -0.05) is 35.9 Å². The number of nitrogens with two attached hydrogens (primary N) is 1. The highest BCUT2D eigenvalue weighted by Crippen LogP contribution is 2.23. The number of carbonyl (C=O) groups is 1. The van der Waals surface area contributed by atoms with E-state index in [1.165, 1.54) is 11.1 Å². The maximum Gasteiger partial charge on any atom is 0.234 e. The van der Waals surface area contributed by atoms with Crippen molar-refractivity contribution in [1.29, 1.82) is 0 Å². The monoisotopic (exact) mass is 320 g/mol. The molecule has 0 aliphatic heterocycles. The number of rotatable bonds is 5. The molecule has 3 N–H and O–H groups in total. The second-order valence-electron chi connectivity index (χ2n) is 4.70. The van der Waals surface area contributed by atoms with Gasteiger partial charge in [-0.25, -0.2) is 0 Å². The van der Waals surface area contributed by atoms with Gasteiger partial charge in [0.15, 0.2) is 0 Å². The Morgan fingerprint density at radius 3 is 2.76 bits per heavy atom. The second-order valence-corrected chi connectivity index (χ2v) is 6.12. The number of amides is 1. The zero-order valence-electron chi connectivity index (χ0n) is 11.7. The van der Waals surface area contributed by atoms with Crippen molar-refractivity contribution >= 4 is 40.6 Å². The summed E-state index contributed by atoms with van der Waals surface area (Å²) in [6.45, 7) is 2.07. The molecule has 2 aromatic rings. The van der Waals surface area contributed by atoms with E-state index in [9.17, 15) is 4.79 Å². The minimum atomic E-state index is -0.0670. The fourth-order valence-electron chi connectivity index (χ4n) is 1.86. The molecule has 0 saturated heterocycles. The zero-order chi connectivity index (χ0) is 15.2. The van der Waals surface area contributed by atoms with Crippen molar-refractivity contribution in [3.8, 4) is 0 Å². The van der Waals surface area contributed by atoms with Crippen LogP contribution in [0.2, 0.25) is 5.02 Å². The van der Waals surface area contributed by atoms with Crippen molar-refractivity contribution in [3.05, 3.63) is 58.6 Å². The molecule has 5 heteroatoms. The molecular weight excluding hydrogens is 304 g/mol. The van der Waals surface area contributed by atoms with Crippen LogP contribution in [0.15, 0.2) is 42.5 Å². The highest BCUT2D eigenvalue weighted by molar-refractivity contribution is 7.99. The third-order valence-corrected chi connectivity index (χ3v) is 4.26. The standard InChI is InChI=1S/C16H17ClN2OS/c1-11-4-2-3-5-12(11)9-21-10-16(20)19-15-7-6-13(17)8-14(15)18/h2-8H,9-10,18H2,1H3,(H,19,20). The van der Waals surface area contributed by atoms with Gasteiger partial charge in [-0.05, 0) is 36.2 Å². The minimum Gasteiger partial charge on any atom is -0.397 e. The van der Waals surface area contributed by atoms with Crippen LogP contribution in [0.25, 0.3) is 0 Å². The van der Waals surface area contributed by atoms with Crippen molar-refractivity contribution < 1.29 is 4.79 Å². The number of halogens is 1. The zero-order valence-corrected chi connectivity index (χ0v) is 13.3. The lowest BCUT2D eigenvalue weighted by atomic mass is 10.1. The van der Waals surface area contributed by atoms with E-state index in [0.29, 0.717) is 22.2 Å². The Morgan fingerprint density at radius 1 is 1.29 bits per heavy atom. The van der Waals surface area contributed by atoms with Crippen LogP contribution in [0.1, 0.15) is 11.1 Å². The van der Waals surface area contributed by atoms with Gasteiger partial charge < -0.3 is 11.1 Å². The summed E-state index contributed by atoms with van der Waals surface area (Å²) in [5.74, 6) is 1.13. The molecule has 0 spiro atoms. The molecule has 21 heavy (non-hydrogen) atoms. The van der Waals surface area contributed by atoms with E-state index in [1.807, 2.05) is 12.1 Å². The second kappa shape index (κ2) is 7.38. The summed E-state index contributed by atoms with van der Waals surface area (Å²) in [6.07, 6.45) is 0. The highest BCUT2D eigenvalue weighted by atomic mass is 35.5. The quantitative estimate of drug-likeness (QED) is 0.815. The Labute approximate surface area is 133 Å². The average Bonchev–Trinajstić information content (AvgIpc) is 2.44. The fourth-order valence-corrected chi connectivity index (χ4v) is 2.94. The Balaban J connectivity index is 1.84. The first-order valence-corrected chi connectivity index (χ1v) is 8.06. The van der Waals surface area contributed by atoms with Crippen molar-refractivity contribution in [2.75, 3.05) is 16.8 Å². The van der Waals surface area contributed by atoms with Gasteiger partial charge in [0.1, 0.15) is 0 Å². The van der Waals surface area contributed by atoms with Gasteiger partial charge in [-0.3, -0.25) is 4.79 Å². The predicted molar refractivity (Wildman–Crippen MR) is 91.8 cm³/mol. The molecule has 2 aromatic carbocycles. The lowest BCUT2D eigenvalue weighted by molar-refractivity contribution is -0.113. The lowest BCUT2D eigenvalue weighted by Crippen LogP contribution is -2.15. The van der Waals surface area contributed by atoms with E-state index >= 15 is 0 Å². The van der Waals surface area contributed by atoms with Crippen LogP contribution in [-0.2, 0) is 10.5 Å². The number of thioether (sulfide) groups is 1. The van der Waals surface area contributed by atoms with Crippen LogP contribution in [0.4, 0.5) is 11.4 Å². The predicted octanol–water partition coefficient (Wildman–Crippen LogP) is 4.10. The first-order valence-electron chi connectivity index (χ1n) is 6.53. The summed E-state index contributed by atoms with van der Waals surface area (Å²) in [7, 11) is 0. The third kappa shape index (κ3) is 4.69. The third-order valence-electron chi connectivity index (χ3n) is 3.04. The molecule has 0 bridgehead atoms. The molecule has 0 fully saturated rings. The molecule has 0 aliphatic rings. The molecule has 0 aromatic heterocycles. The molecule has 0 heterocycles. The number of nitrogen functional groups attached to an aromatic ring is 1. The smallest absolute Gasteiger partial charge is 0.234 e. The topological polar surface area (TPSA) is 55.1 Å². The molecule has 0 unspecified atom stereocenters. The maximum absolute atomic E-state index is 11.9. The van der Waals surface area contributed by atoms with E-state index in [4.69, 9.17) is 17.3 Å². The van der Waals surface area contributed by atoms with Gasteiger partial charge in [0, 0.05) is 10.8 Å². The summed E-state index contributed by atoms with van der Waals surface area (Å²) in [6, 6.07) is 13.2. The van der Waals surface area contributed by atoms with Gasteiger partial charge in [-0.2, -0.15) is 0 Å². The molecule has 2 rings (SSSR count). The molecular formula is C16H17ClN2OS. The SMILES string of the molecule is Cc1ccccc1CSCC(=O)Nc1ccc(Cl)cc1N. The Bertz CT molecular complexity index is 646. The molecule has 0 atom stereocenters. The van der Waals surface area contributed by atoms with Crippen LogP contribution in [0, 0.1) is 6.92 Å². The van der Waals surface area contributed by atoms with E-state index in [-0.39, 0.29) is 5.91 Å². The van der Waals surface area contributed by atoms with Crippen LogP contribution in [0.3, 0.4) is 0 Å². The number of nitrogens with one attached hydrogen (secondary N) is 1. The number of carbonyl (C=O) groups excluding carboxylic acids is 1. The summed E-state index contributed by atoms with van der Waals surface area (Å²) >= 11 is 7.40. The Kier molecular flexibility index (Phi) is 5.53. The summed E-state index contributed by atoms with van der Waals surface area (Å²) in [5.41, 5.74) is 9.37. The van der Waals surface area contributed by atoms with Gasteiger partial charge in [0.25, 0.3) is 0 Å². The van der Waals surface area contributed by atoms with Gasteiger partial charge in [-0.15, -0.1) is 11.8 Å². The van der Waals surface area contributed by atoms with Crippen LogP contribution in [-0.4, -0.2) is 11.7 Å². The van der Waals surface area contributed by atoms with E-state index in [0.717, 1.165) is 5.75 Å². The molecule has 3 nitrogen and oxygen atoms in total. The first kappa shape index (κ1) is 15.7. The first-order chi connectivity index (χ1) is 10.1. The summed E-state index contributed by atoms with van der Waals surface area (Å²) < 4.78 is 0. The van der Waals surface area contributed by atoms with Crippen LogP contribution >= 0.6 is 23.4 Å². The number of benzene rings is 2. The number of anilines is 2. The maximum atomic E-state index is 11.9. The normalized spacial score (nSPS) is 10.4. The molecule has 0 aliphatic carbocycles. The fraction of sp³-hybridized carbons (Fsp3) is 0.188. The summed E-state index contributed by atoms with van der Waals surface area (Å²) in [5, 5.41) is 3.35. The van der Waals surface area contributed by atoms with E-state index in [2.05, 4.69) is 24.4 Å². The number of hydrogen-bond donors (Lipinski definition) is 2. The summed E-state index contributed by atoms with van der Waals surface area (Å²) in [4.78, 5) is 11.9. The van der Waals surface area contributed by atoms with Crippen molar-refractivity contribution in [3.63, 3.8) is 0 Å².